The maximum Gasteiger partial charge on any atom is 0.170 e. The van der Waals surface area contributed by atoms with Gasteiger partial charge >= 0.3 is 0 Å². The Morgan fingerprint density at radius 3 is 2.59 bits per heavy atom. The second-order valence-electron chi connectivity index (χ2n) is 3.59. The van der Waals surface area contributed by atoms with Crippen LogP contribution in [0, 0.1) is 0 Å². The van der Waals surface area contributed by atoms with Crippen molar-refractivity contribution in [1.82, 2.24) is 5.16 Å². The van der Waals surface area contributed by atoms with Crippen molar-refractivity contribution in [3.8, 4) is 11.5 Å². The highest BCUT2D eigenvalue weighted by molar-refractivity contribution is 5.46. The van der Waals surface area contributed by atoms with E-state index in [1.165, 1.54) is 0 Å². The number of nitrogens with zero attached hydrogens (tertiary/aromatic N) is 1. The second kappa shape index (κ2) is 4.78. The molecule has 2 N–H and O–H groups in total. The van der Waals surface area contributed by atoms with Crippen LogP contribution >= 0.6 is 0 Å². The summed E-state index contributed by atoms with van der Waals surface area (Å²) < 4.78 is 15.2. The molecule has 0 saturated carbocycles. The first-order valence-electron chi connectivity index (χ1n) is 5.14. The highest BCUT2D eigenvalue weighted by Gasteiger charge is 2.08. The molecule has 17 heavy (non-hydrogen) atoms. The first-order valence-corrected chi connectivity index (χ1v) is 5.14. The van der Waals surface area contributed by atoms with Gasteiger partial charge in [-0.15, -0.1) is 0 Å². The van der Waals surface area contributed by atoms with E-state index in [1.807, 2.05) is 18.2 Å². The maximum absolute atomic E-state index is 5.65. The molecule has 0 bridgehead atoms. The van der Waals surface area contributed by atoms with Crippen molar-refractivity contribution < 1.29 is 14.0 Å². The molecule has 5 heteroatoms. The summed E-state index contributed by atoms with van der Waals surface area (Å²) in [7, 11) is 3.21. The van der Waals surface area contributed by atoms with E-state index >= 15 is 0 Å². The van der Waals surface area contributed by atoms with Crippen LogP contribution < -0.4 is 15.2 Å². The van der Waals surface area contributed by atoms with Gasteiger partial charge in [-0.05, 0) is 17.7 Å². The summed E-state index contributed by atoms with van der Waals surface area (Å²) in [6, 6.07) is 5.72. The summed E-state index contributed by atoms with van der Waals surface area (Å²) in [4.78, 5) is 0. The van der Waals surface area contributed by atoms with Crippen LogP contribution in [0.1, 0.15) is 11.1 Å². The molecule has 0 aliphatic heterocycles. The zero-order chi connectivity index (χ0) is 12.3. The molecule has 90 valence electrons. The number of benzene rings is 1. The Bertz CT molecular complexity index is 508. The lowest BCUT2D eigenvalue weighted by atomic mass is 10.1. The molecule has 2 aromatic rings. The summed E-state index contributed by atoms with van der Waals surface area (Å²) in [6.07, 6.45) is 2.20. The molecule has 0 atom stereocenters. The van der Waals surface area contributed by atoms with Gasteiger partial charge in [0.25, 0.3) is 0 Å². The third kappa shape index (κ3) is 2.33. The van der Waals surface area contributed by atoms with Crippen LogP contribution in [-0.2, 0) is 6.42 Å². The minimum Gasteiger partial charge on any atom is -0.493 e. The van der Waals surface area contributed by atoms with Gasteiger partial charge in [-0.25, -0.2) is 0 Å². The first kappa shape index (κ1) is 11.3. The van der Waals surface area contributed by atoms with E-state index in [9.17, 15) is 0 Å². The van der Waals surface area contributed by atoms with Gasteiger partial charge in [0, 0.05) is 12.0 Å². The van der Waals surface area contributed by atoms with Crippen LogP contribution in [0.2, 0.25) is 0 Å². The highest BCUT2D eigenvalue weighted by atomic mass is 16.5. The molecule has 1 aromatic heterocycles. The normalized spacial score (nSPS) is 10.2. The zero-order valence-corrected chi connectivity index (χ0v) is 9.77. The fourth-order valence-corrected chi connectivity index (χ4v) is 1.61. The van der Waals surface area contributed by atoms with Gasteiger partial charge in [0.15, 0.2) is 17.3 Å². The Kier molecular flexibility index (Phi) is 3.18. The number of methoxy groups -OCH3 is 2. The topological polar surface area (TPSA) is 70.5 Å². The first-order chi connectivity index (χ1) is 8.24. The molecule has 1 aromatic carbocycles. The van der Waals surface area contributed by atoms with Crippen LogP contribution in [0.15, 0.2) is 29.0 Å². The molecule has 5 nitrogen and oxygen atoms in total. The number of nitrogens with two attached hydrogens (primary N) is 1. The van der Waals surface area contributed by atoms with E-state index in [0.29, 0.717) is 23.7 Å². The van der Waals surface area contributed by atoms with Crippen LogP contribution in [0.25, 0.3) is 0 Å². The molecule has 1 heterocycles. The van der Waals surface area contributed by atoms with E-state index in [2.05, 4.69) is 5.16 Å². The number of rotatable bonds is 4. The maximum atomic E-state index is 5.65. The predicted octanol–water partition coefficient (Wildman–Crippen LogP) is 1.86. The summed E-state index contributed by atoms with van der Waals surface area (Å²) >= 11 is 0. The summed E-state index contributed by atoms with van der Waals surface area (Å²) in [6.45, 7) is 0. The van der Waals surface area contributed by atoms with Gasteiger partial charge in [-0.3, -0.25) is 0 Å². The molecule has 0 aliphatic rings. The Morgan fingerprint density at radius 1 is 1.24 bits per heavy atom. The summed E-state index contributed by atoms with van der Waals surface area (Å²) in [5.41, 5.74) is 7.57. The van der Waals surface area contributed by atoms with E-state index < -0.39 is 0 Å². The highest BCUT2D eigenvalue weighted by Crippen LogP contribution is 2.28. The molecule has 0 fully saturated rings. The monoisotopic (exact) mass is 234 g/mol. The van der Waals surface area contributed by atoms with Crippen LogP contribution in [0.3, 0.4) is 0 Å². The van der Waals surface area contributed by atoms with E-state index in [4.69, 9.17) is 19.7 Å². The average molecular weight is 234 g/mol. The lowest BCUT2D eigenvalue weighted by Gasteiger charge is -2.08. The lowest BCUT2D eigenvalue weighted by Crippen LogP contribution is -1.95. The van der Waals surface area contributed by atoms with Gasteiger partial charge in [0.2, 0.25) is 0 Å². The molecule has 0 unspecified atom stereocenters. The molecule has 0 radical (unpaired) electrons. The molecule has 0 spiro atoms. The van der Waals surface area contributed by atoms with Crippen LogP contribution in [-0.4, -0.2) is 19.4 Å². The Balaban J connectivity index is 2.25. The Morgan fingerprint density at radius 2 is 2.00 bits per heavy atom. The van der Waals surface area contributed by atoms with Crippen molar-refractivity contribution in [3.05, 3.63) is 35.6 Å². The molecular formula is C12H14N2O3. The standard InChI is InChI=1S/C12H14N2O3/c1-15-10-4-3-8(6-11(10)16-2)5-9-7-17-14-12(9)13/h3-4,6-7H,5H2,1-2H3,(H2,13,14). The Labute approximate surface area is 99.1 Å². The van der Waals surface area contributed by atoms with Crippen molar-refractivity contribution in [2.24, 2.45) is 0 Å². The van der Waals surface area contributed by atoms with E-state index in [0.717, 1.165) is 11.1 Å². The molecule has 0 aliphatic carbocycles. The zero-order valence-electron chi connectivity index (χ0n) is 9.77. The molecule has 0 amide bonds. The second-order valence-corrected chi connectivity index (χ2v) is 3.59. The Hall–Kier alpha value is -2.17. The largest absolute Gasteiger partial charge is 0.493 e. The van der Waals surface area contributed by atoms with Gasteiger partial charge in [0.05, 0.1) is 14.2 Å². The SMILES string of the molecule is COc1ccc(Cc2conc2N)cc1OC. The van der Waals surface area contributed by atoms with E-state index in [1.54, 1.807) is 20.5 Å². The number of nitrogen functional groups attached to an aromatic ring is 1. The van der Waals surface area contributed by atoms with Crippen molar-refractivity contribution in [3.63, 3.8) is 0 Å². The smallest absolute Gasteiger partial charge is 0.170 e. The number of ether oxygens (including phenoxy) is 2. The average Bonchev–Trinajstić information content (AvgIpc) is 2.75. The molecule has 0 saturated heterocycles. The number of hydrogen-bond acceptors (Lipinski definition) is 5. The number of aromatic nitrogens is 1. The third-order valence-corrected chi connectivity index (χ3v) is 2.52. The predicted molar refractivity (Wildman–Crippen MR) is 63.3 cm³/mol. The summed E-state index contributed by atoms with van der Waals surface area (Å²) in [5, 5.41) is 3.64. The van der Waals surface area contributed by atoms with Gasteiger partial charge in [0.1, 0.15) is 6.26 Å². The van der Waals surface area contributed by atoms with Crippen molar-refractivity contribution in [2.75, 3.05) is 20.0 Å². The van der Waals surface area contributed by atoms with Crippen LogP contribution in [0.4, 0.5) is 5.82 Å². The minimum absolute atomic E-state index is 0.416. The molecular weight excluding hydrogens is 220 g/mol. The fourth-order valence-electron chi connectivity index (χ4n) is 1.61. The van der Waals surface area contributed by atoms with Crippen LogP contribution in [0.5, 0.6) is 11.5 Å². The lowest BCUT2D eigenvalue weighted by molar-refractivity contribution is 0.354. The van der Waals surface area contributed by atoms with Crippen molar-refractivity contribution in [2.45, 2.75) is 6.42 Å². The minimum atomic E-state index is 0.416. The van der Waals surface area contributed by atoms with Crippen molar-refractivity contribution in [1.29, 1.82) is 0 Å². The van der Waals surface area contributed by atoms with Gasteiger partial charge < -0.3 is 19.7 Å². The quantitative estimate of drug-likeness (QED) is 0.874. The number of hydrogen-bond donors (Lipinski definition) is 1. The van der Waals surface area contributed by atoms with Crippen molar-refractivity contribution >= 4 is 5.82 Å². The number of anilines is 1. The molecule has 2 rings (SSSR count). The fraction of sp³-hybridized carbons (Fsp3) is 0.250. The van der Waals surface area contributed by atoms with Gasteiger partial charge in [-0.1, -0.05) is 11.2 Å². The third-order valence-electron chi connectivity index (χ3n) is 2.52. The summed E-state index contributed by atoms with van der Waals surface area (Å²) in [5.74, 6) is 1.81. The van der Waals surface area contributed by atoms with E-state index in [-0.39, 0.29) is 0 Å². The van der Waals surface area contributed by atoms with Gasteiger partial charge in [-0.2, -0.15) is 0 Å².